The maximum atomic E-state index is 13.6. The summed E-state index contributed by atoms with van der Waals surface area (Å²) in [4.78, 5) is 0. The Hall–Kier alpha value is -0.850. The van der Waals surface area contributed by atoms with E-state index >= 15 is 0 Å². The Kier molecular flexibility index (Phi) is 1.70. The van der Waals surface area contributed by atoms with E-state index in [0.29, 0.717) is 0 Å². The summed E-state index contributed by atoms with van der Waals surface area (Å²) in [5.41, 5.74) is 1.24. The van der Waals surface area contributed by atoms with Crippen LogP contribution < -0.4 is 0 Å². The van der Waals surface area contributed by atoms with Crippen LogP contribution in [-0.2, 0) is 5.41 Å². The lowest BCUT2D eigenvalue weighted by Crippen LogP contribution is -2.15. The SMILES string of the molecule is Fc1ccccc1[C@@]12CCCCC1C2. The van der Waals surface area contributed by atoms with Gasteiger partial charge in [-0.05, 0) is 36.8 Å². The molecule has 1 unspecified atom stereocenters. The normalized spacial score (nSPS) is 35.1. The molecular formula is C13H15F. The van der Waals surface area contributed by atoms with Crippen molar-refractivity contribution in [1.82, 2.24) is 0 Å². The van der Waals surface area contributed by atoms with Gasteiger partial charge in [-0.1, -0.05) is 31.0 Å². The monoisotopic (exact) mass is 190 g/mol. The van der Waals surface area contributed by atoms with Crippen molar-refractivity contribution in [2.45, 2.75) is 37.5 Å². The summed E-state index contributed by atoms with van der Waals surface area (Å²) in [6, 6.07) is 7.35. The number of fused-ring (bicyclic) bond motifs is 1. The van der Waals surface area contributed by atoms with E-state index in [1.807, 2.05) is 12.1 Å². The molecule has 3 rings (SSSR count). The van der Waals surface area contributed by atoms with Crippen LogP contribution in [0.5, 0.6) is 0 Å². The first-order valence-electron chi connectivity index (χ1n) is 5.58. The zero-order valence-corrected chi connectivity index (χ0v) is 8.30. The van der Waals surface area contributed by atoms with E-state index in [0.717, 1.165) is 11.5 Å². The fourth-order valence-electron chi connectivity index (χ4n) is 3.23. The minimum Gasteiger partial charge on any atom is -0.207 e. The Morgan fingerprint density at radius 2 is 2.07 bits per heavy atom. The van der Waals surface area contributed by atoms with Crippen molar-refractivity contribution in [2.24, 2.45) is 5.92 Å². The second-order valence-corrected chi connectivity index (χ2v) is 4.78. The lowest BCUT2D eigenvalue weighted by molar-refractivity contribution is 0.415. The summed E-state index contributed by atoms with van der Waals surface area (Å²) in [7, 11) is 0. The van der Waals surface area contributed by atoms with E-state index in [4.69, 9.17) is 0 Å². The van der Waals surface area contributed by atoms with Crippen LogP contribution in [0.4, 0.5) is 4.39 Å². The third-order valence-corrected chi connectivity index (χ3v) is 4.07. The number of benzene rings is 1. The summed E-state index contributed by atoms with van der Waals surface area (Å²) >= 11 is 0. The molecule has 0 amide bonds. The van der Waals surface area contributed by atoms with Crippen LogP contribution in [0.2, 0.25) is 0 Å². The van der Waals surface area contributed by atoms with Crippen LogP contribution in [0.1, 0.15) is 37.7 Å². The van der Waals surface area contributed by atoms with Crippen molar-refractivity contribution in [2.75, 3.05) is 0 Å². The molecule has 0 aromatic heterocycles. The zero-order valence-electron chi connectivity index (χ0n) is 8.30. The van der Waals surface area contributed by atoms with Crippen molar-refractivity contribution < 1.29 is 4.39 Å². The first-order chi connectivity index (χ1) is 6.83. The smallest absolute Gasteiger partial charge is 0.126 e. The Balaban J connectivity index is 2.00. The van der Waals surface area contributed by atoms with Crippen LogP contribution in [-0.4, -0.2) is 0 Å². The number of rotatable bonds is 1. The van der Waals surface area contributed by atoms with Gasteiger partial charge in [0.05, 0.1) is 0 Å². The summed E-state index contributed by atoms with van der Waals surface area (Å²) < 4.78 is 13.6. The van der Waals surface area contributed by atoms with Gasteiger partial charge >= 0.3 is 0 Å². The number of hydrogen-bond donors (Lipinski definition) is 0. The van der Waals surface area contributed by atoms with E-state index in [2.05, 4.69) is 0 Å². The molecule has 0 saturated heterocycles. The third-order valence-electron chi connectivity index (χ3n) is 4.07. The van der Waals surface area contributed by atoms with Crippen molar-refractivity contribution in [3.8, 4) is 0 Å². The molecule has 0 spiro atoms. The average Bonchev–Trinajstić information content (AvgIpc) is 2.93. The minimum absolute atomic E-state index is 0.0110. The topological polar surface area (TPSA) is 0 Å². The second-order valence-electron chi connectivity index (χ2n) is 4.78. The van der Waals surface area contributed by atoms with E-state index in [-0.39, 0.29) is 11.2 Å². The molecule has 0 bridgehead atoms. The summed E-state index contributed by atoms with van der Waals surface area (Å²) in [5.74, 6) is 0.796. The average molecular weight is 190 g/mol. The maximum Gasteiger partial charge on any atom is 0.126 e. The third kappa shape index (κ3) is 1.05. The van der Waals surface area contributed by atoms with Crippen LogP contribution in [0.15, 0.2) is 24.3 Å². The lowest BCUT2D eigenvalue weighted by Gasteiger charge is -2.22. The van der Waals surface area contributed by atoms with Crippen molar-refractivity contribution in [3.05, 3.63) is 35.6 Å². The largest absolute Gasteiger partial charge is 0.207 e. The van der Waals surface area contributed by atoms with Crippen molar-refractivity contribution >= 4 is 0 Å². The predicted octanol–water partition coefficient (Wildman–Crippen LogP) is 3.66. The molecule has 2 atom stereocenters. The minimum atomic E-state index is 0.0110. The van der Waals surface area contributed by atoms with Crippen molar-refractivity contribution in [1.29, 1.82) is 0 Å². The molecule has 74 valence electrons. The molecule has 1 aromatic rings. The van der Waals surface area contributed by atoms with Crippen molar-refractivity contribution in [3.63, 3.8) is 0 Å². The summed E-state index contributed by atoms with van der Waals surface area (Å²) in [6.07, 6.45) is 6.38. The first kappa shape index (κ1) is 8.46. The Bertz CT molecular complexity index is 358. The highest BCUT2D eigenvalue weighted by molar-refractivity contribution is 5.35. The Labute approximate surface area is 84.1 Å². The highest BCUT2D eigenvalue weighted by atomic mass is 19.1. The molecule has 0 N–H and O–H groups in total. The summed E-state index contributed by atoms with van der Waals surface area (Å²) in [6.45, 7) is 0. The highest BCUT2D eigenvalue weighted by Gasteiger charge is 2.56. The van der Waals surface area contributed by atoms with Gasteiger partial charge in [0, 0.05) is 5.41 Å². The van der Waals surface area contributed by atoms with E-state index in [1.165, 1.54) is 32.1 Å². The molecular weight excluding hydrogens is 175 g/mol. The van der Waals surface area contributed by atoms with E-state index in [9.17, 15) is 4.39 Å². The number of hydrogen-bond acceptors (Lipinski definition) is 0. The molecule has 0 nitrogen and oxygen atoms in total. The van der Waals surface area contributed by atoms with Gasteiger partial charge in [0.1, 0.15) is 5.82 Å². The molecule has 1 heteroatoms. The molecule has 2 saturated carbocycles. The van der Waals surface area contributed by atoms with Crippen LogP contribution in [0.25, 0.3) is 0 Å². The van der Waals surface area contributed by atoms with Gasteiger partial charge in [-0.2, -0.15) is 0 Å². The van der Waals surface area contributed by atoms with E-state index in [1.54, 1.807) is 12.1 Å². The van der Waals surface area contributed by atoms with Crippen LogP contribution in [0.3, 0.4) is 0 Å². The van der Waals surface area contributed by atoms with Gasteiger partial charge in [0.25, 0.3) is 0 Å². The Morgan fingerprint density at radius 1 is 1.21 bits per heavy atom. The molecule has 2 fully saturated rings. The van der Waals surface area contributed by atoms with Crippen LogP contribution in [0, 0.1) is 11.7 Å². The Morgan fingerprint density at radius 3 is 2.86 bits per heavy atom. The predicted molar refractivity (Wildman–Crippen MR) is 54.7 cm³/mol. The quantitative estimate of drug-likeness (QED) is 0.634. The molecule has 1 aromatic carbocycles. The molecule has 0 aliphatic heterocycles. The molecule has 2 aliphatic rings. The van der Waals surface area contributed by atoms with Gasteiger partial charge in [-0.25, -0.2) is 4.39 Å². The molecule has 14 heavy (non-hydrogen) atoms. The highest BCUT2D eigenvalue weighted by Crippen LogP contribution is 2.62. The zero-order chi connectivity index (χ0) is 9.60. The van der Waals surface area contributed by atoms with Gasteiger partial charge in [0.15, 0.2) is 0 Å². The number of halogens is 1. The van der Waals surface area contributed by atoms with E-state index < -0.39 is 0 Å². The fourth-order valence-corrected chi connectivity index (χ4v) is 3.23. The van der Waals surface area contributed by atoms with Gasteiger partial charge in [-0.15, -0.1) is 0 Å². The second kappa shape index (κ2) is 2.82. The van der Waals surface area contributed by atoms with Crippen LogP contribution >= 0.6 is 0 Å². The molecule has 2 aliphatic carbocycles. The molecule has 0 heterocycles. The summed E-state index contributed by atoms with van der Waals surface area (Å²) in [5, 5.41) is 0. The maximum absolute atomic E-state index is 13.6. The first-order valence-corrected chi connectivity index (χ1v) is 5.58. The van der Waals surface area contributed by atoms with Gasteiger partial charge in [0.2, 0.25) is 0 Å². The van der Waals surface area contributed by atoms with Gasteiger partial charge in [-0.3, -0.25) is 0 Å². The standard InChI is InChI=1S/C13H15F/c14-12-7-2-1-6-11(12)13-8-4-3-5-10(13)9-13/h1-2,6-7,10H,3-5,8-9H2/t10?,13-/m1/s1. The fraction of sp³-hybridized carbons (Fsp3) is 0.538. The van der Waals surface area contributed by atoms with Gasteiger partial charge < -0.3 is 0 Å². The lowest BCUT2D eigenvalue weighted by atomic mass is 9.82. The molecule has 0 radical (unpaired) electrons.